The van der Waals surface area contributed by atoms with Gasteiger partial charge in [-0.1, -0.05) is 19.1 Å². The number of para-hydroxylation sites is 2. The third-order valence-electron chi connectivity index (χ3n) is 3.47. The minimum absolute atomic E-state index is 0.0342. The van der Waals surface area contributed by atoms with Crippen LogP contribution in [0.15, 0.2) is 29.1 Å². The van der Waals surface area contributed by atoms with Crippen molar-refractivity contribution in [1.29, 1.82) is 0 Å². The van der Waals surface area contributed by atoms with Crippen molar-refractivity contribution in [2.75, 3.05) is 20.3 Å². The summed E-state index contributed by atoms with van der Waals surface area (Å²) in [6.45, 7) is 5.94. The summed E-state index contributed by atoms with van der Waals surface area (Å²) < 4.78 is 7.06. The quantitative estimate of drug-likeness (QED) is 0.843. The SMILES string of the molecule is CCCNC(COC)Cn1c(=O)c(C)nc2ccccc21. The molecule has 0 aliphatic rings. The molecule has 0 radical (unpaired) electrons. The van der Waals surface area contributed by atoms with Gasteiger partial charge < -0.3 is 14.6 Å². The molecular weight excluding hydrogens is 266 g/mol. The Labute approximate surface area is 125 Å². The lowest BCUT2D eigenvalue weighted by atomic mass is 10.2. The molecule has 2 aromatic rings. The Balaban J connectivity index is 2.39. The first-order valence-electron chi connectivity index (χ1n) is 7.35. The van der Waals surface area contributed by atoms with Gasteiger partial charge in [0.05, 0.1) is 17.6 Å². The van der Waals surface area contributed by atoms with Crippen LogP contribution in [0.25, 0.3) is 11.0 Å². The largest absolute Gasteiger partial charge is 0.383 e. The molecule has 5 nitrogen and oxygen atoms in total. The molecule has 114 valence electrons. The fourth-order valence-corrected chi connectivity index (χ4v) is 2.45. The third-order valence-corrected chi connectivity index (χ3v) is 3.47. The topological polar surface area (TPSA) is 56.1 Å². The molecule has 0 fully saturated rings. The lowest BCUT2D eigenvalue weighted by Gasteiger charge is -2.20. The van der Waals surface area contributed by atoms with E-state index in [1.165, 1.54) is 0 Å². The van der Waals surface area contributed by atoms with Gasteiger partial charge in [0.1, 0.15) is 5.69 Å². The zero-order chi connectivity index (χ0) is 15.2. The fraction of sp³-hybridized carbons (Fsp3) is 0.500. The van der Waals surface area contributed by atoms with Crippen LogP contribution >= 0.6 is 0 Å². The number of ether oxygens (including phenoxy) is 1. The average Bonchev–Trinajstić information content (AvgIpc) is 2.49. The number of hydrogen-bond donors (Lipinski definition) is 1. The molecular formula is C16H23N3O2. The van der Waals surface area contributed by atoms with E-state index in [0.29, 0.717) is 18.8 Å². The summed E-state index contributed by atoms with van der Waals surface area (Å²) in [5.41, 5.74) is 2.21. The first-order valence-corrected chi connectivity index (χ1v) is 7.35. The van der Waals surface area contributed by atoms with Crippen molar-refractivity contribution in [3.05, 3.63) is 40.3 Å². The van der Waals surface area contributed by atoms with Crippen LogP contribution in [0.5, 0.6) is 0 Å². The van der Waals surface area contributed by atoms with Crippen LogP contribution in [0.1, 0.15) is 19.0 Å². The van der Waals surface area contributed by atoms with Gasteiger partial charge in [-0.25, -0.2) is 4.98 Å². The molecule has 1 atom stereocenters. The summed E-state index contributed by atoms with van der Waals surface area (Å²) >= 11 is 0. The first kappa shape index (κ1) is 15.7. The Morgan fingerprint density at radius 3 is 2.86 bits per heavy atom. The Kier molecular flexibility index (Phi) is 5.47. The van der Waals surface area contributed by atoms with Crippen LogP contribution in [0.3, 0.4) is 0 Å². The van der Waals surface area contributed by atoms with E-state index in [0.717, 1.165) is 24.0 Å². The second kappa shape index (κ2) is 7.33. The lowest BCUT2D eigenvalue weighted by Crippen LogP contribution is -2.40. The molecule has 1 aromatic carbocycles. The van der Waals surface area contributed by atoms with Crippen molar-refractivity contribution < 1.29 is 4.74 Å². The highest BCUT2D eigenvalue weighted by Crippen LogP contribution is 2.10. The van der Waals surface area contributed by atoms with Crippen molar-refractivity contribution in [2.45, 2.75) is 32.9 Å². The zero-order valence-corrected chi connectivity index (χ0v) is 12.9. The standard InChI is InChI=1S/C16H23N3O2/c1-4-9-17-13(11-21-3)10-19-15-8-6-5-7-14(15)18-12(2)16(19)20/h5-8,13,17H,4,9-11H2,1-3H3. The van der Waals surface area contributed by atoms with Gasteiger partial charge >= 0.3 is 0 Å². The molecule has 5 heteroatoms. The Morgan fingerprint density at radius 2 is 2.14 bits per heavy atom. The first-order chi connectivity index (χ1) is 10.2. The number of hydrogen-bond acceptors (Lipinski definition) is 4. The van der Waals surface area contributed by atoms with Crippen molar-refractivity contribution in [3.8, 4) is 0 Å². The summed E-state index contributed by atoms with van der Waals surface area (Å²) in [6.07, 6.45) is 1.05. The maximum Gasteiger partial charge on any atom is 0.272 e. The molecule has 2 rings (SSSR count). The van der Waals surface area contributed by atoms with E-state index in [4.69, 9.17) is 4.74 Å². The fourth-order valence-electron chi connectivity index (χ4n) is 2.45. The smallest absolute Gasteiger partial charge is 0.272 e. The van der Waals surface area contributed by atoms with E-state index in [1.807, 2.05) is 24.3 Å². The summed E-state index contributed by atoms with van der Waals surface area (Å²) in [4.78, 5) is 16.8. The number of aromatic nitrogens is 2. The number of methoxy groups -OCH3 is 1. The Bertz CT molecular complexity index is 652. The van der Waals surface area contributed by atoms with Gasteiger partial charge in [0.25, 0.3) is 5.56 Å². The molecule has 0 saturated carbocycles. The van der Waals surface area contributed by atoms with Gasteiger partial charge in [-0.05, 0) is 32.0 Å². The van der Waals surface area contributed by atoms with Crippen LogP contribution < -0.4 is 10.9 Å². The number of nitrogens with zero attached hydrogens (tertiary/aromatic N) is 2. The van der Waals surface area contributed by atoms with Gasteiger partial charge in [-0.2, -0.15) is 0 Å². The Morgan fingerprint density at radius 1 is 1.38 bits per heavy atom. The summed E-state index contributed by atoms with van der Waals surface area (Å²) in [7, 11) is 1.68. The van der Waals surface area contributed by atoms with Crippen LogP contribution in [0.4, 0.5) is 0 Å². The zero-order valence-electron chi connectivity index (χ0n) is 12.9. The van der Waals surface area contributed by atoms with Gasteiger partial charge in [-0.3, -0.25) is 4.79 Å². The average molecular weight is 289 g/mol. The van der Waals surface area contributed by atoms with E-state index < -0.39 is 0 Å². The van der Waals surface area contributed by atoms with Gasteiger partial charge in [0.2, 0.25) is 0 Å². The summed E-state index contributed by atoms with van der Waals surface area (Å²) in [6, 6.07) is 7.85. The third kappa shape index (κ3) is 3.68. The van der Waals surface area contributed by atoms with Crippen molar-refractivity contribution in [1.82, 2.24) is 14.9 Å². The number of aryl methyl sites for hydroxylation is 1. The minimum atomic E-state index is -0.0342. The normalized spacial score (nSPS) is 12.7. The number of rotatable bonds is 7. The number of nitrogens with one attached hydrogen (secondary N) is 1. The lowest BCUT2D eigenvalue weighted by molar-refractivity contribution is 0.159. The van der Waals surface area contributed by atoms with Gasteiger partial charge in [0, 0.05) is 19.7 Å². The number of fused-ring (bicyclic) bond motifs is 1. The molecule has 0 saturated heterocycles. The number of benzene rings is 1. The highest BCUT2D eigenvalue weighted by atomic mass is 16.5. The van der Waals surface area contributed by atoms with Crippen LogP contribution in [0, 0.1) is 6.92 Å². The molecule has 1 unspecified atom stereocenters. The molecule has 1 heterocycles. The molecule has 0 aliphatic heterocycles. The van der Waals surface area contributed by atoms with Gasteiger partial charge in [0.15, 0.2) is 0 Å². The van der Waals surface area contributed by atoms with Crippen molar-refractivity contribution >= 4 is 11.0 Å². The van der Waals surface area contributed by atoms with Crippen LogP contribution in [-0.4, -0.2) is 35.9 Å². The molecule has 0 spiro atoms. The van der Waals surface area contributed by atoms with Gasteiger partial charge in [-0.15, -0.1) is 0 Å². The van der Waals surface area contributed by atoms with Crippen molar-refractivity contribution in [2.24, 2.45) is 0 Å². The van der Waals surface area contributed by atoms with Crippen LogP contribution in [0.2, 0.25) is 0 Å². The molecule has 0 amide bonds. The second-order valence-electron chi connectivity index (χ2n) is 5.21. The summed E-state index contributed by atoms with van der Waals surface area (Å²) in [5.74, 6) is 0. The summed E-state index contributed by atoms with van der Waals surface area (Å²) in [5, 5.41) is 3.43. The molecule has 1 aromatic heterocycles. The maximum absolute atomic E-state index is 12.4. The van der Waals surface area contributed by atoms with E-state index in [2.05, 4.69) is 17.2 Å². The highest BCUT2D eigenvalue weighted by Gasteiger charge is 2.13. The predicted molar refractivity (Wildman–Crippen MR) is 84.7 cm³/mol. The monoisotopic (exact) mass is 289 g/mol. The molecule has 21 heavy (non-hydrogen) atoms. The minimum Gasteiger partial charge on any atom is -0.383 e. The predicted octanol–water partition coefficient (Wildman–Crippen LogP) is 1.72. The van der Waals surface area contributed by atoms with E-state index in [9.17, 15) is 4.79 Å². The maximum atomic E-state index is 12.4. The second-order valence-corrected chi connectivity index (χ2v) is 5.21. The Hall–Kier alpha value is -1.72. The molecule has 0 aliphatic carbocycles. The molecule has 1 N–H and O–H groups in total. The molecule has 0 bridgehead atoms. The highest BCUT2D eigenvalue weighted by molar-refractivity contribution is 5.74. The van der Waals surface area contributed by atoms with Crippen LogP contribution in [-0.2, 0) is 11.3 Å². The van der Waals surface area contributed by atoms with E-state index in [1.54, 1.807) is 18.6 Å². The van der Waals surface area contributed by atoms with E-state index in [-0.39, 0.29) is 11.6 Å². The van der Waals surface area contributed by atoms with Crippen molar-refractivity contribution in [3.63, 3.8) is 0 Å². The van der Waals surface area contributed by atoms with E-state index >= 15 is 0 Å².